The summed E-state index contributed by atoms with van der Waals surface area (Å²) in [6.07, 6.45) is 1.01. The van der Waals surface area contributed by atoms with Crippen LogP contribution in [0.3, 0.4) is 0 Å². The molecule has 0 radical (unpaired) electrons. The van der Waals surface area contributed by atoms with E-state index in [1.165, 1.54) is 0 Å². The Morgan fingerprint density at radius 1 is 1.36 bits per heavy atom. The summed E-state index contributed by atoms with van der Waals surface area (Å²) in [5.41, 5.74) is 2.14. The van der Waals surface area contributed by atoms with E-state index in [2.05, 4.69) is 4.72 Å². The average Bonchev–Trinajstić information content (AvgIpc) is 2.45. The number of amides is 1. The van der Waals surface area contributed by atoms with Crippen LogP contribution in [-0.4, -0.2) is 26.7 Å². The van der Waals surface area contributed by atoms with Gasteiger partial charge in [0.25, 0.3) is 0 Å². The van der Waals surface area contributed by atoms with Crippen molar-refractivity contribution in [1.82, 2.24) is 4.72 Å². The summed E-state index contributed by atoms with van der Waals surface area (Å²) >= 11 is 0. The third kappa shape index (κ3) is 4.81. The van der Waals surface area contributed by atoms with E-state index in [4.69, 9.17) is 4.74 Å². The summed E-state index contributed by atoms with van der Waals surface area (Å²) in [7, 11) is -3.56. The van der Waals surface area contributed by atoms with E-state index < -0.39 is 15.9 Å². The molecule has 0 saturated heterocycles. The molecule has 1 atom stereocenters. The molecule has 1 aromatic rings. The predicted molar refractivity (Wildman–Crippen MR) is 84.8 cm³/mol. The van der Waals surface area contributed by atoms with Crippen LogP contribution in [0.15, 0.2) is 24.3 Å². The number of sulfonamides is 1. The number of rotatable bonds is 6. The summed E-state index contributed by atoms with van der Waals surface area (Å²) in [6.45, 7) is 4.45. The first-order valence-electron chi connectivity index (χ1n) is 7.60. The standard InChI is InChI=1S/C16H23NO4S/c1-12(2)8-10-22(19,20)17-16(18)11-15-14-6-4-3-5-13(14)7-9-21-15/h3-6,12,15H,7-11H2,1-2H3,(H,17,18). The zero-order chi connectivity index (χ0) is 16.2. The van der Waals surface area contributed by atoms with E-state index in [0.29, 0.717) is 13.0 Å². The van der Waals surface area contributed by atoms with Gasteiger partial charge in [0.2, 0.25) is 15.9 Å². The van der Waals surface area contributed by atoms with Gasteiger partial charge in [-0.25, -0.2) is 8.42 Å². The fourth-order valence-electron chi connectivity index (χ4n) is 2.47. The van der Waals surface area contributed by atoms with Gasteiger partial charge in [0.15, 0.2) is 0 Å². The van der Waals surface area contributed by atoms with Crippen molar-refractivity contribution in [3.05, 3.63) is 35.4 Å². The molecule has 1 heterocycles. The number of carbonyl (C=O) groups is 1. The lowest BCUT2D eigenvalue weighted by molar-refractivity contribution is -0.122. The molecule has 5 nitrogen and oxygen atoms in total. The molecule has 0 fully saturated rings. The van der Waals surface area contributed by atoms with Gasteiger partial charge in [-0.2, -0.15) is 0 Å². The highest BCUT2D eigenvalue weighted by molar-refractivity contribution is 7.90. The summed E-state index contributed by atoms with van der Waals surface area (Å²) in [5.74, 6) is -0.260. The molecule has 6 heteroatoms. The van der Waals surface area contributed by atoms with Gasteiger partial charge in [0.05, 0.1) is 24.9 Å². The second-order valence-corrected chi connectivity index (χ2v) is 7.88. The van der Waals surface area contributed by atoms with E-state index >= 15 is 0 Å². The van der Waals surface area contributed by atoms with Crippen LogP contribution in [0.25, 0.3) is 0 Å². The molecule has 1 amide bonds. The lowest BCUT2D eigenvalue weighted by Gasteiger charge is -2.25. The zero-order valence-electron chi connectivity index (χ0n) is 13.0. The van der Waals surface area contributed by atoms with Crippen LogP contribution in [-0.2, 0) is 26.0 Å². The molecule has 0 aromatic heterocycles. The quantitative estimate of drug-likeness (QED) is 0.870. The summed E-state index contributed by atoms with van der Waals surface area (Å²) in [4.78, 5) is 12.0. The Hall–Kier alpha value is -1.40. The molecule has 2 rings (SSSR count). The van der Waals surface area contributed by atoms with Crippen molar-refractivity contribution in [2.45, 2.75) is 39.2 Å². The number of nitrogens with one attached hydrogen (secondary N) is 1. The number of carbonyl (C=O) groups excluding carboxylic acids is 1. The molecule has 1 unspecified atom stereocenters. The molecule has 0 saturated carbocycles. The van der Waals surface area contributed by atoms with E-state index in [9.17, 15) is 13.2 Å². The van der Waals surface area contributed by atoms with E-state index in [-0.39, 0.29) is 24.2 Å². The predicted octanol–water partition coefficient (Wildman–Crippen LogP) is 2.18. The lowest BCUT2D eigenvalue weighted by Crippen LogP contribution is -2.34. The van der Waals surface area contributed by atoms with Crippen molar-refractivity contribution in [3.63, 3.8) is 0 Å². The van der Waals surface area contributed by atoms with Crippen LogP contribution in [0.2, 0.25) is 0 Å². The second kappa shape index (κ2) is 7.24. The number of ether oxygens (including phenoxy) is 1. The maximum atomic E-state index is 12.0. The molecule has 22 heavy (non-hydrogen) atoms. The Kier molecular flexibility index (Phi) is 5.58. The first kappa shape index (κ1) is 17.0. The first-order chi connectivity index (χ1) is 10.4. The monoisotopic (exact) mass is 325 g/mol. The molecule has 122 valence electrons. The number of hydrogen-bond acceptors (Lipinski definition) is 4. The van der Waals surface area contributed by atoms with Crippen LogP contribution in [0, 0.1) is 5.92 Å². The number of benzene rings is 1. The maximum Gasteiger partial charge on any atom is 0.236 e. The molecular formula is C16H23NO4S. The summed E-state index contributed by atoms with van der Waals surface area (Å²) in [6, 6.07) is 7.80. The Morgan fingerprint density at radius 3 is 2.82 bits per heavy atom. The number of hydrogen-bond donors (Lipinski definition) is 1. The SMILES string of the molecule is CC(C)CCS(=O)(=O)NC(=O)CC1OCCc2ccccc21. The Labute approximate surface area is 132 Å². The Bertz CT molecular complexity index is 625. The van der Waals surface area contributed by atoms with Gasteiger partial charge in [-0.1, -0.05) is 38.1 Å². The molecular weight excluding hydrogens is 302 g/mol. The first-order valence-corrected chi connectivity index (χ1v) is 9.25. The van der Waals surface area contributed by atoms with E-state index in [1.807, 2.05) is 38.1 Å². The molecule has 1 aromatic carbocycles. The fourth-order valence-corrected chi connectivity index (χ4v) is 3.79. The second-order valence-electron chi connectivity index (χ2n) is 6.04. The van der Waals surface area contributed by atoms with Gasteiger partial charge in [-0.3, -0.25) is 9.52 Å². The van der Waals surface area contributed by atoms with Crippen molar-refractivity contribution in [3.8, 4) is 0 Å². The minimum Gasteiger partial charge on any atom is -0.373 e. The van der Waals surface area contributed by atoms with Crippen LogP contribution >= 0.6 is 0 Å². The van der Waals surface area contributed by atoms with Gasteiger partial charge in [-0.15, -0.1) is 0 Å². The fraction of sp³-hybridized carbons (Fsp3) is 0.562. The van der Waals surface area contributed by atoms with Crippen molar-refractivity contribution in [2.24, 2.45) is 5.92 Å². The van der Waals surface area contributed by atoms with E-state index in [0.717, 1.165) is 17.5 Å². The zero-order valence-corrected chi connectivity index (χ0v) is 13.9. The third-order valence-corrected chi connectivity index (χ3v) is 5.01. The third-order valence-electron chi connectivity index (χ3n) is 3.70. The topological polar surface area (TPSA) is 72.5 Å². The number of fused-ring (bicyclic) bond motifs is 1. The van der Waals surface area contributed by atoms with E-state index in [1.54, 1.807) is 0 Å². The summed E-state index contributed by atoms with van der Waals surface area (Å²) < 4.78 is 31.5. The van der Waals surface area contributed by atoms with Crippen molar-refractivity contribution in [2.75, 3.05) is 12.4 Å². The molecule has 1 aliphatic heterocycles. The van der Waals surface area contributed by atoms with Crippen LogP contribution in [0.5, 0.6) is 0 Å². The average molecular weight is 325 g/mol. The molecule has 0 aliphatic carbocycles. The van der Waals surface area contributed by atoms with Crippen LogP contribution in [0.4, 0.5) is 0 Å². The highest BCUT2D eigenvalue weighted by Gasteiger charge is 2.25. The Morgan fingerprint density at radius 2 is 2.09 bits per heavy atom. The molecule has 0 spiro atoms. The molecule has 0 bridgehead atoms. The normalized spacial score (nSPS) is 18.0. The van der Waals surface area contributed by atoms with Gasteiger partial charge in [0.1, 0.15) is 0 Å². The highest BCUT2D eigenvalue weighted by Crippen LogP contribution is 2.29. The van der Waals surface area contributed by atoms with Crippen molar-refractivity contribution in [1.29, 1.82) is 0 Å². The van der Waals surface area contributed by atoms with Gasteiger partial charge in [0, 0.05) is 0 Å². The van der Waals surface area contributed by atoms with Gasteiger partial charge in [-0.05, 0) is 29.9 Å². The van der Waals surface area contributed by atoms with Gasteiger partial charge >= 0.3 is 0 Å². The molecule has 1 N–H and O–H groups in total. The summed E-state index contributed by atoms with van der Waals surface area (Å²) in [5, 5.41) is 0. The van der Waals surface area contributed by atoms with Gasteiger partial charge < -0.3 is 4.74 Å². The van der Waals surface area contributed by atoms with Crippen molar-refractivity contribution >= 4 is 15.9 Å². The molecule has 1 aliphatic rings. The highest BCUT2D eigenvalue weighted by atomic mass is 32.2. The Balaban J connectivity index is 1.96. The van der Waals surface area contributed by atoms with Crippen LogP contribution in [0.1, 0.15) is 43.9 Å². The smallest absolute Gasteiger partial charge is 0.236 e. The lowest BCUT2D eigenvalue weighted by atomic mass is 9.96. The van der Waals surface area contributed by atoms with Crippen molar-refractivity contribution < 1.29 is 17.9 Å². The maximum absolute atomic E-state index is 12.0. The minimum absolute atomic E-state index is 0.0257. The largest absolute Gasteiger partial charge is 0.373 e. The van der Waals surface area contributed by atoms with Crippen LogP contribution < -0.4 is 4.72 Å². The minimum atomic E-state index is -3.56.